The molecule has 108 valence electrons. The van der Waals surface area contributed by atoms with Crippen LogP contribution in [0.2, 0.25) is 0 Å². The van der Waals surface area contributed by atoms with Crippen LogP contribution in [0, 0.1) is 13.8 Å². The van der Waals surface area contributed by atoms with Crippen molar-refractivity contribution in [1.29, 1.82) is 0 Å². The first kappa shape index (κ1) is 16.0. The van der Waals surface area contributed by atoms with Gasteiger partial charge in [0.05, 0.1) is 20.3 Å². The first-order chi connectivity index (χ1) is 9.12. The van der Waals surface area contributed by atoms with Crippen molar-refractivity contribution in [2.75, 3.05) is 40.5 Å². The molecule has 1 aromatic carbocycles. The summed E-state index contributed by atoms with van der Waals surface area (Å²) in [5.41, 5.74) is 3.53. The van der Waals surface area contributed by atoms with Gasteiger partial charge in [-0.15, -0.1) is 0 Å². The van der Waals surface area contributed by atoms with Crippen LogP contribution < -0.4 is 4.74 Å². The number of hydrogen-bond acceptors (Lipinski definition) is 4. The maximum Gasteiger partial charge on any atom is 0.124 e. The Hall–Kier alpha value is -1.10. The molecular formula is C15H25NO3. The zero-order chi connectivity index (χ0) is 14.3. The van der Waals surface area contributed by atoms with Gasteiger partial charge >= 0.3 is 0 Å². The van der Waals surface area contributed by atoms with Crippen LogP contribution >= 0.6 is 0 Å². The molecule has 0 saturated carbocycles. The molecule has 0 unspecified atom stereocenters. The van der Waals surface area contributed by atoms with Crippen molar-refractivity contribution in [1.82, 2.24) is 4.90 Å². The molecule has 0 aliphatic heterocycles. The van der Waals surface area contributed by atoms with Crippen molar-refractivity contribution in [3.63, 3.8) is 0 Å². The molecule has 4 heteroatoms. The highest BCUT2D eigenvalue weighted by molar-refractivity contribution is 5.43. The molecule has 0 saturated heterocycles. The molecule has 0 amide bonds. The van der Waals surface area contributed by atoms with Crippen LogP contribution in [0.1, 0.15) is 16.7 Å². The highest BCUT2D eigenvalue weighted by Gasteiger charge is 2.09. The van der Waals surface area contributed by atoms with E-state index in [0.717, 1.165) is 30.0 Å². The van der Waals surface area contributed by atoms with Crippen LogP contribution in [-0.4, -0.2) is 50.5 Å². The maximum absolute atomic E-state index is 9.10. The van der Waals surface area contributed by atoms with Gasteiger partial charge in [0.25, 0.3) is 0 Å². The molecule has 0 fully saturated rings. The number of hydrogen-bond donors (Lipinski definition) is 1. The van der Waals surface area contributed by atoms with E-state index in [1.165, 1.54) is 5.56 Å². The van der Waals surface area contributed by atoms with Gasteiger partial charge in [0.2, 0.25) is 0 Å². The lowest BCUT2D eigenvalue weighted by molar-refractivity contribution is 0.127. The number of rotatable bonds is 8. The van der Waals surface area contributed by atoms with Gasteiger partial charge in [0.15, 0.2) is 0 Å². The van der Waals surface area contributed by atoms with Crippen LogP contribution in [0.25, 0.3) is 0 Å². The summed E-state index contributed by atoms with van der Waals surface area (Å²) in [5, 5.41) is 9.10. The van der Waals surface area contributed by atoms with Gasteiger partial charge < -0.3 is 14.6 Å². The van der Waals surface area contributed by atoms with Gasteiger partial charge in [-0.1, -0.05) is 12.1 Å². The Balaban J connectivity index is 2.78. The zero-order valence-electron chi connectivity index (χ0n) is 12.4. The molecule has 0 heterocycles. The SMILES string of the molecule is COCCN(CCO)Cc1cc(C)c(OC)c(C)c1. The maximum atomic E-state index is 9.10. The normalized spacial score (nSPS) is 11.1. The Morgan fingerprint density at radius 3 is 2.21 bits per heavy atom. The third kappa shape index (κ3) is 4.82. The van der Waals surface area contributed by atoms with Gasteiger partial charge in [-0.25, -0.2) is 0 Å². The minimum atomic E-state index is 0.165. The second-order valence-corrected chi connectivity index (χ2v) is 4.76. The standard InChI is InChI=1S/C15H25NO3/c1-12-9-14(10-13(2)15(12)19-4)11-16(5-7-17)6-8-18-3/h9-10,17H,5-8,11H2,1-4H3. The molecule has 0 bridgehead atoms. The summed E-state index contributed by atoms with van der Waals surface area (Å²) in [7, 11) is 3.39. The lowest BCUT2D eigenvalue weighted by Gasteiger charge is -2.22. The molecule has 19 heavy (non-hydrogen) atoms. The summed E-state index contributed by atoms with van der Waals surface area (Å²) in [6.07, 6.45) is 0. The molecule has 1 aromatic rings. The third-order valence-corrected chi connectivity index (χ3v) is 3.16. The zero-order valence-corrected chi connectivity index (χ0v) is 12.4. The lowest BCUT2D eigenvalue weighted by atomic mass is 10.1. The first-order valence-electron chi connectivity index (χ1n) is 6.58. The average molecular weight is 267 g/mol. The first-order valence-corrected chi connectivity index (χ1v) is 6.58. The lowest BCUT2D eigenvalue weighted by Crippen LogP contribution is -2.29. The number of ether oxygens (including phenoxy) is 2. The number of benzene rings is 1. The summed E-state index contributed by atoms with van der Waals surface area (Å²) in [5.74, 6) is 0.953. The monoisotopic (exact) mass is 267 g/mol. The summed E-state index contributed by atoms with van der Waals surface area (Å²) in [6, 6.07) is 4.28. The molecule has 4 nitrogen and oxygen atoms in total. The number of aliphatic hydroxyl groups excluding tert-OH is 1. The van der Waals surface area contributed by atoms with E-state index < -0.39 is 0 Å². The number of aryl methyl sites for hydroxylation is 2. The van der Waals surface area contributed by atoms with Crippen molar-refractivity contribution in [3.05, 3.63) is 28.8 Å². The van der Waals surface area contributed by atoms with Crippen LogP contribution in [0.4, 0.5) is 0 Å². The van der Waals surface area contributed by atoms with E-state index in [0.29, 0.717) is 13.2 Å². The Morgan fingerprint density at radius 2 is 1.74 bits per heavy atom. The van der Waals surface area contributed by atoms with Gasteiger partial charge in [0.1, 0.15) is 5.75 Å². The molecule has 1 rings (SSSR count). The van der Waals surface area contributed by atoms with Crippen LogP contribution in [-0.2, 0) is 11.3 Å². The van der Waals surface area contributed by atoms with Gasteiger partial charge in [-0.3, -0.25) is 4.90 Å². The summed E-state index contributed by atoms with van der Waals surface area (Å²) in [4.78, 5) is 2.18. The van der Waals surface area contributed by atoms with Crippen LogP contribution in [0.3, 0.4) is 0 Å². The Kier molecular flexibility index (Phi) is 6.84. The molecule has 0 atom stereocenters. The Labute approximate surface area is 115 Å². The molecule has 0 radical (unpaired) electrons. The van der Waals surface area contributed by atoms with Crippen molar-refractivity contribution < 1.29 is 14.6 Å². The Bertz CT molecular complexity index is 370. The fourth-order valence-corrected chi connectivity index (χ4v) is 2.34. The fraction of sp³-hybridized carbons (Fsp3) is 0.600. The number of aliphatic hydroxyl groups is 1. The molecule has 1 N–H and O–H groups in total. The van der Waals surface area contributed by atoms with Gasteiger partial charge in [-0.2, -0.15) is 0 Å². The van der Waals surface area contributed by atoms with Gasteiger partial charge in [0, 0.05) is 26.7 Å². The highest BCUT2D eigenvalue weighted by Crippen LogP contribution is 2.24. The smallest absolute Gasteiger partial charge is 0.124 e. The summed E-state index contributed by atoms with van der Waals surface area (Å²) >= 11 is 0. The van der Waals surface area contributed by atoms with E-state index in [9.17, 15) is 0 Å². The van der Waals surface area contributed by atoms with Gasteiger partial charge in [-0.05, 0) is 30.5 Å². The molecule has 0 aliphatic carbocycles. The second kappa shape index (κ2) is 8.15. The van der Waals surface area contributed by atoms with Crippen LogP contribution in [0.15, 0.2) is 12.1 Å². The van der Waals surface area contributed by atoms with E-state index in [1.807, 2.05) is 0 Å². The summed E-state index contributed by atoms with van der Waals surface area (Å²) < 4.78 is 10.5. The topological polar surface area (TPSA) is 41.9 Å². The molecule has 0 aromatic heterocycles. The van der Waals surface area contributed by atoms with E-state index in [2.05, 4.69) is 30.9 Å². The fourth-order valence-electron chi connectivity index (χ4n) is 2.34. The predicted molar refractivity (Wildman–Crippen MR) is 76.7 cm³/mol. The second-order valence-electron chi connectivity index (χ2n) is 4.76. The van der Waals surface area contributed by atoms with E-state index >= 15 is 0 Å². The number of nitrogens with zero attached hydrogens (tertiary/aromatic N) is 1. The molecule has 0 spiro atoms. The van der Waals surface area contributed by atoms with E-state index in [1.54, 1.807) is 14.2 Å². The average Bonchev–Trinajstić information content (AvgIpc) is 2.36. The van der Waals surface area contributed by atoms with E-state index in [-0.39, 0.29) is 6.61 Å². The van der Waals surface area contributed by atoms with Crippen LogP contribution in [0.5, 0.6) is 5.75 Å². The molecule has 0 aliphatic rings. The van der Waals surface area contributed by atoms with Crippen molar-refractivity contribution in [2.45, 2.75) is 20.4 Å². The Morgan fingerprint density at radius 1 is 1.11 bits per heavy atom. The third-order valence-electron chi connectivity index (χ3n) is 3.16. The van der Waals surface area contributed by atoms with Crippen molar-refractivity contribution >= 4 is 0 Å². The van der Waals surface area contributed by atoms with Crippen molar-refractivity contribution in [3.8, 4) is 5.75 Å². The summed E-state index contributed by atoms with van der Waals surface area (Å²) in [6.45, 7) is 7.25. The predicted octanol–water partition coefficient (Wildman–Crippen LogP) is 1.75. The van der Waals surface area contributed by atoms with Crippen molar-refractivity contribution in [2.24, 2.45) is 0 Å². The minimum Gasteiger partial charge on any atom is -0.496 e. The largest absolute Gasteiger partial charge is 0.496 e. The number of methoxy groups -OCH3 is 2. The quantitative estimate of drug-likeness (QED) is 0.779. The van der Waals surface area contributed by atoms with E-state index in [4.69, 9.17) is 14.6 Å². The molecular weight excluding hydrogens is 242 g/mol. The highest BCUT2D eigenvalue weighted by atomic mass is 16.5. The minimum absolute atomic E-state index is 0.165.